The average molecular weight is 219 g/mol. The maximum Gasteiger partial charge on any atom is 0.104 e. The van der Waals surface area contributed by atoms with Gasteiger partial charge in [-0.3, -0.25) is 4.99 Å². The van der Waals surface area contributed by atoms with Crippen LogP contribution in [0.3, 0.4) is 0 Å². The molecule has 1 unspecified atom stereocenters. The first-order valence-electron chi connectivity index (χ1n) is 5.69. The van der Waals surface area contributed by atoms with E-state index in [4.69, 9.17) is 9.47 Å². The summed E-state index contributed by atoms with van der Waals surface area (Å²) in [5.74, 6) is 0. The maximum atomic E-state index is 5.41. The molecule has 1 heterocycles. The number of hydrogen-bond acceptors (Lipinski definition) is 3. The van der Waals surface area contributed by atoms with Gasteiger partial charge < -0.3 is 9.47 Å². The summed E-state index contributed by atoms with van der Waals surface area (Å²) in [6, 6.07) is 10.1. The lowest BCUT2D eigenvalue weighted by molar-refractivity contribution is 0.116. The van der Waals surface area contributed by atoms with Gasteiger partial charge in [-0.15, -0.1) is 0 Å². The Balaban J connectivity index is 1.51. The van der Waals surface area contributed by atoms with Crippen molar-refractivity contribution in [2.75, 3.05) is 26.4 Å². The normalized spacial score (nSPS) is 19.1. The van der Waals surface area contributed by atoms with E-state index in [2.05, 4.69) is 4.99 Å². The van der Waals surface area contributed by atoms with Crippen LogP contribution < -0.4 is 0 Å². The lowest BCUT2D eigenvalue weighted by atomic mass is 10.2. The van der Waals surface area contributed by atoms with Crippen LogP contribution in [0.1, 0.15) is 12.0 Å². The molecule has 1 saturated heterocycles. The van der Waals surface area contributed by atoms with Gasteiger partial charge in [-0.2, -0.15) is 0 Å². The van der Waals surface area contributed by atoms with Crippen LogP contribution in [0.2, 0.25) is 0 Å². The van der Waals surface area contributed by atoms with Gasteiger partial charge in [-0.1, -0.05) is 30.3 Å². The molecule has 1 atom stereocenters. The highest BCUT2D eigenvalue weighted by molar-refractivity contribution is 5.79. The van der Waals surface area contributed by atoms with Crippen LogP contribution >= 0.6 is 0 Å². The molecule has 1 aromatic rings. The topological polar surface area (TPSA) is 34.1 Å². The predicted octanol–water partition coefficient (Wildman–Crippen LogP) is 1.91. The monoisotopic (exact) mass is 219 g/mol. The molecule has 1 aromatic carbocycles. The van der Waals surface area contributed by atoms with Crippen molar-refractivity contribution < 1.29 is 9.47 Å². The fraction of sp³-hybridized carbons (Fsp3) is 0.462. The van der Waals surface area contributed by atoms with Gasteiger partial charge in [-0.05, 0) is 12.0 Å². The fourth-order valence-corrected chi connectivity index (χ4v) is 1.35. The molecule has 16 heavy (non-hydrogen) atoms. The zero-order valence-corrected chi connectivity index (χ0v) is 9.34. The standard InChI is InChI=1S/C13H17NO2/c1-2-5-12(6-3-1)9-14-7-4-8-15-10-13-11-16-13/h1-3,5-6,9,13H,4,7-8,10-11H2. The zero-order chi connectivity index (χ0) is 11.1. The van der Waals surface area contributed by atoms with Crippen LogP contribution in [0.15, 0.2) is 35.3 Å². The summed E-state index contributed by atoms with van der Waals surface area (Å²) in [6.45, 7) is 3.20. The summed E-state index contributed by atoms with van der Waals surface area (Å²) in [6.07, 6.45) is 3.24. The van der Waals surface area contributed by atoms with Gasteiger partial charge in [0.1, 0.15) is 6.10 Å². The molecule has 1 aliphatic heterocycles. The third-order valence-corrected chi connectivity index (χ3v) is 2.32. The van der Waals surface area contributed by atoms with Crippen molar-refractivity contribution in [3.63, 3.8) is 0 Å². The Labute approximate surface area is 96.1 Å². The minimum absolute atomic E-state index is 0.368. The van der Waals surface area contributed by atoms with E-state index in [0.29, 0.717) is 6.10 Å². The molecule has 0 amide bonds. The second-order valence-electron chi connectivity index (χ2n) is 3.83. The maximum absolute atomic E-state index is 5.41. The average Bonchev–Trinajstić information content (AvgIpc) is 3.13. The molecule has 0 aromatic heterocycles. The Morgan fingerprint density at radius 2 is 2.19 bits per heavy atom. The minimum atomic E-state index is 0.368. The van der Waals surface area contributed by atoms with Crippen LogP contribution in [-0.4, -0.2) is 38.7 Å². The number of aliphatic imine (C=N–C) groups is 1. The molecular weight excluding hydrogens is 202 g/mol. The van der Waals surface area contributed by atoms with Crippen LogP contribution in [0.25, 0.3) is 0 Å². The van der Waals surface area contributed by atoms with Gasteiger partial charge in [0.05, 0.1) is 13.2 Å². The molecule has 0 saturated carbocycles. The van der Waals surface area contributed by atoms with E-state index >= 15 is 0 Å². The minimum Gasteiger partial charge on any atom is -0.379 e. The van der Waals surface area contributed by atoms with Gasteiger partial charge >= 0.3 is 0 Å². The molecule has 3 nitrogen and oxygen atoms in total. The van der Waals surface area contributed by atoms with Crippen LogP contribution in [0.5, 0.6) is 0 Å². The van der Waals surface area contributed by atoms with Crippen LogP contribution in [0, 0.1) is 0 Å². The van der Waals surface area contributed by atoms with E-state index in [1.54, 1.807) is 0 Å². The van der Waals surface area contributed by atoms with E-state index in [1.807, 2.05) is 36.5 Å². The summed E-state index contributed by atoms with van der Waals surface area (Å²) in [4.78, 5) is 4.34. The highest BCUT2D eigenvalue weighted by Gasteiger charge is 2.21. The second kappa shape index (κ2) is 6.40. The third kappa shape index (κ3) is 4.55. The Kier molecular flexibility index (Phi) is 4.52. The molecule has 0 aliphatic carbocycles. The van der Waals surface area contributed by atoms with Gasteiger partial charge in [0.15, 0.2) is 0 Å². The van der Waals surface area contributed by atoms with E-state index in [1.165, 1.54) is 0 Å². The zero-order valence-electron chi connectivity index (χ0n) is 9.34. The quantitative estimate of drug-likeness (QED) is 0.399. The molecular formula is C13H17NO2. The Hall–Kier alpha value is -1.19. The van der Waals surface area contributed by atoms with Crippen molar-refractivity contribution in [1.82, 2.24) is 0 Å². The van der Waals surface area contributed by atoms with Gasteiger partial charge in [0, 0.05) is 19.4 Å². The smallest absolute Gasteiger partial charge is 0.104 e. The fourth-order valence-electron chi connectivity index (χ4n) is 1.35. The van der Waals surface area contributed by atoms with E-state index in [9.17, 15) is 0 Å². The first kappa shape index (κ1) is 11.3. The highest BCUT2D eigenvalue weighted by Crippen LogP contribution is 2.08. The number of nitrogens with zero attached hydrogens (tertiary/aromatic N) is 1. The van der Waals surface area contributed by atoms with Crippen molar-refractivity contribution in [3.05, 3.63) is 35.9 Å². The van der Waals surface area contributed by atoms with Crippen molar-refractivity contribution in [1.29, 1.82) is 0 Å². The van der Waals surface area contributed by atoms with Crippen molar-refractivity contribution in [3.8, 4) is 0 Å². The van der Waals surface area contributed by atoms with E-state index in [0.717, 1.165) is 38.3 Å². The largest absolute Gasteiger partial charge is 0.379 e. The second-order valence-corrected chi connectivity index (χ2v) is 3.83. The Morgan fingerprint density at radius 1 is 1.38 bits per heavy atom. The van der Waals surface area contributed by atoms with E-state index in [-0.39, 0.29) is 0 Å². The van der Waals surface area contributed by atoms with Gasteiger partial charge in [0.2, 0.25) is 0 Å². The molecule has 1 aliphatic rings. The van der Waals surface area contributed by atoms with Crippen molar-refractivity contribution >= 4 is 6.21 Å². The number of benzene rings is 1. The summed E-state index contributed by atoms with van der Waals surface area (Å²) in [7, 11) is 0. The third-order valence-electron chi connectivity index (χ3n) is 2.32. The summed E-state index contributed by atoms with van der Waals surface area (Å²) < 4.78 is 10.5. The Morgan fingerprint density at radius 3 is 2.94 bits per heavy atom. The summed E-state index contributed by atoms with van der Waals surface area (Å²) in [5.41, 5.74) is 1.15. The summed E-state index contributed by atoms with van der Waals surface area (Å²) in [5, 5.41) is 0. The van der Waals surface area contributed by atoms with Gasteiger partial charge in [-0.25, -0.2) is 0 Å². The van der Waals surface area contributed by atoms with Crippen LogP contribution in [-0.2, 0) is 9.47 Å². The molecule has 3 heteroatoms. The molecule has 0 spiro atoms. The molecule has 1 fully saturated rings. The molecule has 0 N–H and O–H groups in total. The Bertz CT molecular complexity index is 320. The predicted molar refractivity (Wildman–Crippen MR) is 64.1 cm³/mol. The van der Waals surface area contributed by atoms with Crippen LogP contribution in [0.4, 0.5) is 0 Å². The van der Waals surface area contributed by atoms with Crippen molar-refractivity contribution in [2.45, 2.75) is 12.5 Å². The molecule has 2 rings (SSSR count). The van der Waals surface area contributed by atoms with Gasteiger partial charge in [0.25, 0.3) is 0 Å². The number of ether oxygens (including phenoxy) is 2. The van der Waals surface area contributed by atoms with E-state index < -0.39 is 0 Å². The number of epoxide rings is 1. The summed E-state index contributed by atoms with van der Waals surface area (Å²) >= 11 is 0. The number of rotatable bonds is 7. The first-order chi connectivity index (χ1) is 7.95. The molecule has 0 bridgehead atoms. The SMILES string of the molecule is C(=NCCCOCC1CO1)c1ccccc1. The highest BCUT2D eigenvalue weighted by atomic mass is 16.6. The lowest BCUT2D eigenvalue weighted by Crippen LogP contribution is -2.03. The molecule has 86 valence electrons. The lowest BCUT2D eigenvalue weighted by Gasteiger charge is -1.99. The first-order valence-corrected chi connectivity index (χ1v) is 5.69. The molecule has 0 radical (unpaired) electrons. The number of hydrogen-bond donors (Lipinski definition) is 0. The van der Waals surface area contributed by atoms with Crippen molar-refractivity contribution in [2.24, 2.45) is 4.99 Å².